The molecule has 4 heterocycles. The van der Waals surface area contributed by atoms with E-state index in [9.17, 15) is 14.7 Å². The standard InChI is InChI=1S/C21H24N4O4/c1-10-15(22-12(3)16(10)21(28)25-5-7-29-8-6-25)9-14-17-11(2)18(26)13(4)23-19(17)24-20(14)27/h9,22,26H,5-8H2,1-4H3,(H,23,24,27). The first-order chi connectivity index (χ1) is 13.8. The molecule has 2 amide bonds. The van der Waals surface area contributed by atoms with Crippen molar-refractivity contribution in [3.63, 3.8) is 0 Å². The van der Waals surface area contributed by atoms with E-state index < -0.39 is 0 Å². The summed E-state index contributed by atoms with van der Waals surface area (Å²) >= 11 is 0. The van der Waals surface area contributed by atoms with Gasteiger partial charge in [-0.1, -0.05) is 0 Å². The zero-order valence-electron chi connectivity index (χ0n) is 17.0. The lowest BCUT2D eigenvalue weighted by molar-refractivity contribution is -0.110. The first-order valence-electron chi connectivity index (χ1n) is 9.59. The second-order valence-electron chi connectivity index (χ2n) is 7.47. The SMILES string of the molecule is Cc1nc2c(c(C)c1O)C(=Cc1[nH]c(C)c(C(=O)N3CCOCC3)c1C)C(=O)N2. The molecule has 2 aromatic rings. The van der Waals surface area contributed by atoms with Crippen LogP contribution in [0.3, 0.4) is 0 Å². The number of hydrogen-bond acceptors (Lipinski definition) is 5. The minimum absolute atomic E-state index is 0.0356. The summed E-state index contributed by atoms with van der Waals surface area (Å²) < 4.78 is 5.33. The first-order valence-corrected chi connectivity index (χ1v) is 9.59. The number of rotatable bonds is 2. The number of H-pyrrole nitrogens is 1. The highest BCUT2D eigenvalue weighted by Crippen LogP contribution is 2.39. The number of fused-ring (bicyclic) bond motifs is 1. The maximum atomic E-state index is 13.0. The van der Waals surface area contributed by atoms with Crippen molar-refractivity contribution in [3.05, 3.63) is 39.3 Å². The molecule has 0 spiro atoms. The van der Waals surface area contributed by atoms with Crippen molar-refractivity contribution in [1.29, 1.82) is 0 Å². The normalized spacial score (nSPS) is 17.6. The molecule has 0 saturated carbocycles. The quantitative estimate of drug-likeness (QED) is 0.675. The molecule has 1 fully saturated rings. The van der Waals surface area contributed by atoms with E-state index in [0.717, 1.165) is 11.3 Å². The molecular formula is C21H24N4O4. The Bertz CT molecular complexity index is 1060. The minimum Gasteiger partial charge on any atom is -0.506 e. The van der Waals surface area contributed by atoms with Crippen molar-refractivity contribution in [1.82, 2.24) is 14.9 Å². The Morgan fingerprint density at radius 1 is 1.17 bits per heavy atom. The fraction of sp³-hybridized carbons (Fsp3) is 0.381. The monoisotopic (exact) mass is 396 g/mol. The van der Waals surface area contributed by atoms with Crippen molar-refractivity contribution in [2.75, 3.05) is 31.6 Å². The first kappa shape index (κ1) is 19.2. The fourth-order valence-corrected chi connectivity index (χ4v) is 4.00. The number of aryl methyl sites for hydroxylation is 2. The zero-order valence-corrected chi connectivity index (χ0v) is 17.0. The predicted octanol–water partition coefficient (Wildman–Crippen LogP) is 2.31. The summed E-state index contributed by atoms with van der Waals surface area (Å²) in [7, 11) is 0. The van der Waals surface area contributed by atoms with Crippen LogP contribution in [0.1, 0.15) is 44.1 Å². The van der Waals surface area contributed by atoms with Crippen LogP contribution in [0, 0.1) is 27.7 Å². The fourth-order valence-electron chi connectivity index (χ4n) is 4.00. The third kappa shape index (κ3) is 3.09. The van der Waals surface area contributed by atoms with E-state index in [4.69, 9.17) is 4.74 Å². The highest BCUT2D eigenvalue weighted by molar-refractivity contribution is 6.35. The van der Waals surface area contributed by atoms with Crippen LogP contribution < -0.4 is 5.32 Å². The van der Waals surface area contributed by atoms with Crippen LogP contribution >= 0.6 is 0 Å². The van der Waals surface area contributed by atoms with E-state index in [-0.39, 0.29) is 17.6 Å². The van der Waals surface area contributed by atoms with Crippen LogP contribution in [0.4, 0.5) is 5.82 Å². The maximum absolute atomic E-state index is 13.0. The van der Waals surface area contributed by atoms with Crippen molar-refractivity contribution in [3.8, 4) is 5.75 Å². The van der Waals surface area contributed by atoms with Crippen LogP contribution in [0.2, 0.25) is 0 Å². The average molecular weight is 396 g/mol. The van der Waals surface area contributed by atoms with Crippen LogP contribution in [0.5, 0.6) is 5.75 Å². The highest BCUT2D eigenvalue weighted by atomic mass is 16.5. The van der Waals surface area contributed by atoms with E-state index >= 15 is 0 Å². The number of ether oxygens (including phenoxy) is 1. The molecule has 0 unspecified atom stereocenters. The van der Waals surface area contributed by atoms with Crippen molar-refractivity contribution in [2.45, 2.75) is 27.7 Å². The Morgan fingerprint density at radius 2 is 1.86 bits per heavy atom. The average Bonchev–Trinajstić information content (AvgIpc) is 3.16. The molecule has 8 heteroatoms. The maximum Gasteiger partial charge on any atom is 0.257 e. The summed E-state index contributed by atoms with van der Waals surface area (Å²) in [6.45, 7) is 9.39. The number of carbonyl (C=O) groups excluding carboxylic acids is 2. The molecule has 152 valence electrons. The lowest BCUT2D eigenvalue weighted by atomic mass is 10.00. The van der Waals surface area contributed by atoms with Crippen molar-refractivity contribution in [2.24, 2.45) is 0 Å². The van der Waals surface area contributed by atoms with Gasteiger partial charge in [0.1, 0.15) is 11.6 Å². The highest BCUT2D eigenvalue weighted by Gasteiger charge is 2.31. The number of morpholine rings is 1. The van der Waals surface area contributed by atoms with Gasteiger partial charge >= 0.3 is 0 Å². The van der Waals surface area contributed by atoms with Gasteiger partial charge in [0.05, 0.1) is 30.0 Å². The van der Waals surface area contributed by atoms with Crippen LogP contribution in [0.15, 0.2) is 0 Å². The van der Waals surface area contributed by atoms with E-state index in [0.29, 0.717) is 65.8 Å². The summed E-state index contributed by atoms with van der Waals surface area (Å²) in [6, 6.07) is 0. The molecule has 0 atom stereocenters. The molecular weight excluding hydrogens is 372 g/mol. The summed E-state index contributed by atoms with van der Waals surface area (Å²) in [5, 5.41) is 13.0. The number of amides is 2. The molecule has 3 N–H and O–H groups in total. The van der Waals surface area contributed by atoms with Gasteiger partial charge in [0.25, 0.3) is 11.8 Å². The molecule has 29 heavy (non-hydrogen) atoms. The lowest BCUT2D eigenvalue weighted by Crippen LogP contribution is -2.41. The van der Waals surface area contributed by atoms with E-state index in [1.54, 1.807) is 24.8 Å². The van der Waals surface area contributed by atoms with E-state index in [1.807, 2.05) is 13.8 Å². The Hall–Kier alpha value is -3.13. The van der Waals surface area contributed by atoms with Crippen molar-refractivity contribution < 1.29 is 19.4 Å². The predicted molar refractivity (Wildman–Crippen MR) is 109 cm³/mol. The minimum atomic E-state index is -0.284. The number of anilines is 1. The summed E-state index contributed by atoms with van der Waals surface area (Å²) in [4.78, 5) is 34.9. The Kier molecular flexibility index (Phi) is 4.66. The van der Waals surface area contributed by atoms with Gasteiger partial charge in [-0.2, -0.15) is 0 Å². The Balaban J connectivity index is 1.77. The van der Waals surface area contributed by atoms with Gasteiger partial charge in [0, 0.05) is 35.6 Å². The van der Waals surface area contributed by atoms with Crippen molar-refractivity contribution >= 4 is 29.3 Å². The second kappa shape index (κ2) is 7.04. The van der Waals surface area contributed by atoms with E-state index in [2.05, 4.69) is 15.3 Å². The van der Waals surface area contributed by atoms with Gasteiger partial charge in [-0.05, 0) is 39.3 Å². The molecule has 2 aromatic heterocycles. The van der Waals surface area contributed by atoms with Gasteiger partial charge in [-0.15, -0.1) is 0 Å². The number of aromatic hydroxyl groups is 1. The molecule has 0 aromatic carbocycles. The number of carbonyl (C=O) groups is 2. The Labute approximate surface area is 168 Å². The number of aromatic nitrogens is 2. The van der Waals surface area contributed by atoms with Gasteiger partial charge in [0.15, 0.2) is 0 Å². The number of nitrogens with zero attached hydrogens (tertiary/aromatic N) is 2. The molecule has 1 saturated heterocycles. The van der Waals surface area contributed by atoms with Gasteiger partial charge in [-0.25, -0.2) is 4.98 Å². The summed E-state index contributed by atoms with van der Waals surface area (Å²) in [5.41, 5.74) is 4.92. The van der Waals surface area contributed by atoms with Gasteiger partial charge < -0.3 is 25.0 Å². The van der Waals surface area contributed by atoms with Crippen LogP contribution in [-0.2, 0) is 9.53 Å². The molecule has 0 bridgehead atoms. The molecule has 0 radical (unpaired) electrons. The van der Waals surface area contributed by atoms with Gasteiger partial charge in [-0.3, -0.25) is 9.59 Å². The molecule has 8 nitrogen and oxygen atoms in total. The van der Waals surface area contributed by atoms with Gasteiger partial charge in [0.2, 0.25) is 0 Å². The smallest absolute Gasteiger partial charge is 0.257 e. The second-order valence-corrected chi connectivity index (χ2v) is 7.47. The number of pyridine rings is 1. The molecule has 4 rings (SSSR count). The van der Waals surface area contributed by atoms with Crippen LogP contribution in [-0.4, -0.2) is 58.1 Å². The third-order valence-electron chi connectivity index (χ3n) is 5.61. The van der Waals surface area contributed by atoms with Crippen LogP contribution in [0.25, 0.3) is 11.6 Å². The molecule has 0 aliphatic carbocycles. The summed E-state index contributed by atoms with van der Waals surface area (Å²) in [6.07, 6.45) is 1.73. The largest absolute Gasteiger partial charge is 0.506 e. The summed E-state index contributed by atoms with van der Waals surface area (Å²) in [5.74, 6) is 0.202. The number of aromatic amines is 1. The topological polar surface area (TPSA) is 108 Å². The van der Waals surface area contributed by atoms with E-state index in [1.165, 1.54) is 0 Å². The zero-order chi connectivity index (χ0) is 20.9. The Morgan fingerprint density at radius 3 is 2.55 bits per heavy atom. The third-order valence-corrected chi connectivity index (χ3v) is 5.61. The number of hydrogen-bond donors (Lipinski definition) is 3. The molecule has 2 aliphatic heterocycles. The number of nitrogens with one attached hydrogen (secondary N) is 2. The molecule has 2 aliphatic rings. The lowest BCUT2D eigenvalue weighted by Gasteiger charge is -2.27.